The Morgan fingerprint density at radius 3 is 2.20 bits per heavy atom. The van der Waals surface area contributed by atoms with Gasteiger partial charge in [0.1, 0.15) is 12.9 Å². The number of epoxide rings is 1. The normalized spacial score (nSPS) is 18.2. The molecule has 1 unspecified atom stereocenters. The van der Waals surface area contributed by atoms with Crippen LogP contribution in [0.3, 0.4) is 0 Å². The van der Waals surface area contributed by atoms with Gasteiger partial charge in [0.05, 0.1) is 13.2 Å². The standard InChI is InChI=1S/C8H16O3.C4H10/c1-2-3-4-9-7-10-5-8-6-11-8;1-3-4-2/h8H,2-7H2,1H3;3-4H2,1-2H3. The summed E-state index contributed by atoms with van der Waals surface area (Å²) in [6, 6.07) is 0. The molecule has 0 bridgehead atoms. The van der Waals surface area contributed by atoms with Crippen LogP contribution in [-0.4, -0.2) is 32.7 Å². The van der Waals surface area contributed by atoms with E-state index >= 15 is 0 Å². The predicted octanol–water partition coefficient (Wildman–Crippen LogP) is 2.98. The van der Waals surface area contributed by atoms with Gasteiger partial charge in [-0.2, -0.15) is 0 Å². The second-order valence-electron chi connectivity index (χ2n) is 3.71. The van der Waals surface area contributed by atoms with Crippen molar-refractivity contribution in [2.75, 3.05) is 26.6 Å². The van der Waals surface area contributed by atoms with Crippen LogP contribution >= 0.6 is 0 Å². The zero-order valence-electron chi connectivity index (χ0n) is 10.5. The van der Waals surface area contributed by atoms with Crippen molar-refractivity contribution >= 4 is 0 Å². The van der Waals surface area contributed by atoms with E-state index in [4.69, 9.17) is 14.2 Å². The molecule has 0 N–H and O–H groups in total. The summed E-state index contributed by atoms with van der Waals surface area (Å²) in [6.45, 7) is 9.27. The van der Waals surface area contributed by atoms with Crippen molar-refractivity contribution in [2.45, 2.75) is 52.6 Å². The Hall–Kier alpha value is -0.120. The minimum Gasteiger partial charge on any atom is -0.371 e. The van der Waals surface area contributed by atoms with Crippen molar-refractivity contribution in [3.63, 3.8) is 0 Å². The first-order valence-electron chi connectivity index (χ1n) is 6.12. The van der Waals surface area contributed by atoms with E-state index in [0.29, 0.717) is 19.5 Å². The van der Waals surface area contributed by atoms with Crippen molar-refractivity contribution in [3.8, 4) is 0 Å². The summed E-state index contributed by atoms with van der Waals surface area (Å²) in [5.41, 5.74) is 0. The monoisotopic (exact) mass is 218 g/mol. The Kier molecular flexibility index (Phi) is 11.9. The summed E-state index contributed by atoms with van der Waals surface area (Å²) >= 11 is 0. The molecule has 3 nitrogen and oxygen atoms in total. The highest BCUT2D eigenvalue weighted by atomic mass is 16.7. The Morgan fingerprint density at radius 1 is 1.07 bits per heavy atom. The Morgan fingerprint density at radius 2 is 1.73 bits per heavy atom. The molecule has 0 aromatic rings. The van der Waals surface area contributed by atoms with E-state index in [1.165, 1.54) is 19.3 Å². The number of hydrogen-bond acceptors (Lipinski definition) is 3. The van der Waals surface area contributed by atoms with Gasteiger partial charge in [-0.25, -0.2) is 0 Å². The molecule has 15 heavy (non-hydrogen) atoms. The number of rotatable bonds is 8. The third-order valence-electron chi connectivity index (χ3n) is 2.02. The molecule has 0 saturated carbocycles. The van der Waals surface area contributed by atoms with Crippen LogP contribution in [0.4, 0.5) is 0 Å². The van der Waals surface area contributed by atoms with E-state index in [1.54, 1.807) is 0 Å². The molecular formula is C12H26O3. The molecular weight excluding hydrogens is 192 g/mol. The fourth-order valence-electron chi connectivity index (χ4n) is 0.708. The van der Waals surface area contributed by atoms with Crippen molar-refractivity contribution < 1.29 is 14.2 Å². The maximum atomic E-state index is 5.17. The number of ether oxygens (including phenoxy) is 3. The summed E-state index contributed by atoms with van der Waals surface area (Å²) < 4.78 is 15.3. The highest BCUT2D eigenvalue weighted by Gasteiger charge is 2.21. The number of hydrogen-bond donors (Lipinski definition) is 0. The van der Waals surface area contributed by atoms with Gasteiger partial charge in [0.25, 0.3) is 0 Å². The Balaban J connectivity index is 0.000000423. The molecule has 1 saturated heterocycles. The largest absolute Gasteiger partial charge is 0.371 e. The van der Waals surface area contributed by atoms with Gasteiger partial charge in [-0.05, 0) is 6.42 Å². The van der Waals surface area contributed by atoms with Gasteiger partial charge < -0.3 is 14.2 Å². The molecule has 1 aliphatic rings. The fraction of sp³-hybridized carbons (Fsp3) is 1.00. The third kappa shape index (κ3) is 13.9. The SMILES string of the molecule is CCCC.CCCCOCOCC1CO1. The molecule has 1 atom stereocenters. The van der Waals surface area contributed by atoms with Gasteiger partial charge in [-0.15, -0.1) is 0 Å². The van der Waals surface area contributed by atoms with Crippen molar-refractivity contribution in [2.24, 2.45) is 0 Å². The molecule has 0 spiro atoms. The van der Waals surface area contributed by atoms with Crippen LogP contribution in [0.25, 0.3) is 0 Å². The van der Waals surface area contributed by atoms with Crippen LogP contribution in [0.5, 0.6) is 0 Å². The quantitative estimate of drug-likeness (QED) is 0.356. The van der Waals surface area contributed by atoms with Gasteiger partial charge in [-0.3, -0.25) is 0 Å². The molecule has 1 rings (SSSR count). The molecule has 0 aliphatic carbocycles. The van der Waals surface area contributed by atoms with Crippen LogP contribution in [0.15, 0.2) is 0 Å². The lowest BCUT2D eigenvalue weighted by Gasteiger charge is -2.02. The van der Waals surface area contributed by atoms with Crippen LogP contribution in [0.1, 0.15) is 46.5 Å². The first kappa shape index (κ1) is 14.9. The highest BCUT2D eigenvalue weighted by Crippen LogP contribution is 2.08. The smallest absolute Gasteiger partial charge is 0.146 e. The molecule has 92 valence electrons. The lowest BCUT2D eigenvalue weighted by atomic mass is 10.4. The predicted molar refractivity (Wildman–Crippen MR) is 62.0 cm³/mol. The number of unbranched alkanes of at least 4 members (excludes halogenated alkanes) is 2. The zero-order valence-corrected chi connectivity index (χ0v) is 10.5. The molecule has 0 aromatic carbocycles. The molecule has 0 amide bonds. The molecule has 1 fully saturated rings. The average molecular weight is 218 g/mol. The summed E-state index contributed by atoms with van der Waals surface area (Å²) in [7, 11) is 0. The van der Waals surface area contributed by atoms with Crippen molar-refractivity contribution in [3.05, 3.63) is 0 Å². The van der Waals surface area contributed by atoms with Gasteiger partial charge in [0, 0.05) is 6.61 Å². The van der Waals surface area contributed by atoms with Crippen molar-refractivity contribution in [1.29, 1.82) is 0 Å². The molecule has 1 aliphatic heterocycles. The second kappa shape index (κ2) is 12.0. The zero-order chi connectivity index (χ0) is 11.4. The summed E-state index contributed by atoms with van der Waals surface area (Å²) in [6.07, 6.45) is 5.28. The molecule has 0 radical (unpaired) electrons. The van der Waals surface area contributed by atoms with E-state index in [9.17, 15) is 0 Å². The Bertz CT molecular complexity index is 111. The lowest BCUT2D eigenvalue weighted by Crippen LogP contribution is -2.06. The van der Waals surface area contributed by atoms with E-state index in [2.05, 4.69) is 20.8 Å². The summed E-state index contributed by atoms with van der Waals surface area (Å²) in [5, 5.41) is 0. The highest BCUT2D eigenvalue weighted by molar-refractivity contribution is 4.66. The van der Waals surface area contributed by atoms with Gasteiger partial charge in [0.15, 0.2) is 0 Å². The first-order valence-corrected chi connectivity index (χ1v) is 6.12. The molecule has 3 heteroatoms. The van der Waals surface area contributed by atoms with E-state index in [0.717, 1.165) is 19.6 Å². The van der Waals surface area contributed by atoms with E-state index in [1.807, 2.05) is 0 Å². The van der Waals surface area contributed by atoms with Gasteiger partial charge in [0.2, 0.25) is 0 Å². The third-order valence-corrected chi connectivity index (χ3v) is 2.02. The maximum absolute atomic E-state index is 5.17. The maximum Gasteiger partial charge on any atom is 0.146 e. The average Bonchev–Trinajstić information content (AvgIpc) is 3.07. The minimum absolute atomic E-state index is 0.352. The van der Waals surface area contributed by atoms with Crippen LogP contribution in [0.2, 0.25) is 0 Å². The van der Waals surface area contributed by atoms with Crippen LogP contribution in [-0.2, 0) is 14.2 Å². The molecule has 0 aromatic heterocycles. The minimum atomic E-state index is 0.352. The lowest BCUT2D eigenvalue weighted by molar-refractivity contribution is -0.0581. The van der Waals surface area contributed by atoms with Gasteiger partial charge >= 0.3 is 0 Å². The summed E-state index contributed by atoms with van der Waals surface area (Å²) in [4.78, 5) is 0. The van der Waals surface area contributed by atoms with Crippen LogP contribution in [0, 0.1) is 0 Å². The summed E-state index contributed by atoms with van der Waals surface area (Å²) in [5.74, 6) is 0. The van der Waals surface area contributed by atoms with E-state index < -0.39 is 0 Å². The van der Waals surface area contributed by atoms with E-state index in [-0.39, 0.29) is 0 Å². The Labute approximate surface area is 94.1 Å². The molecule has 1 heterocycles. The fourth-order valence-corrected chi connectivity index (χ4v) is 0.708. The first-order chi connectivity index (χ1) is 7.35. The van der Waals surface area contributed by atoms with Crippen LogP contribution < -0.4 is 0 Å². The topological polar surface area (TPSA) is 31.0 Å². The van der Waals surface area contributed by atoms with Gasteiger partial charge in [-0.1, -0.05) is 40.0 Å². The second-order valence-corrected chi connectivity index (χ2v) is 3.71. The van der Waals surface area contributed by atoms with Crippen molar-refractivity contribution in [1.82, 2.24) is 0 Å².